The number of ether oxygens (including phenoxy) is 1. The zero-order valence-electron chi connectivity index (χ0n) is 8.48. The van der Waals surface area contributed by atoms with Crippen LogP contribution in [0.5, 0.6) is 0 Å². The van der Waals surface area contributed by atoms with Gasteiger partial charge in [-0.05, 0) is 11.6 Å². The van der Waals surface area contributed by atoms with Crippen LogP contribution in [0.4, 0.5) is 0 Å². The number of carbonyl (C=O) groups is 1. The molecule has 0 atom stereocenters. The first-order valence-electron chi connectivity index (χ1n) is 4.88. The second-order valence-corrected chi connectivity index (χ2v) is 3.45. The first kappa shape index (κ1) is 9.93. The van der Waals surface area contributed by atoms with Crippen LogP contribution >= 0.6 is 0 Å². The van der Waals surface area contributed by atoms with Gasteiger partial charge in [-0.25, -0.2) is 0 Å². The summed E-state index contributed by atoms with van der Waals surface area (Å²) in [6.45, 7) is 4.98. The third-order valence-electron chi connectivity index (χ3n) is 2.39. The fourth-order valence-electron chi connectivity index (χ4n) is 1.64. The van der Waals surface area contributed by atoms with Crippen molar-refractivity contribution in [2.75, 3.05) is 13.3 Å². The topological polar surface area (TPSA) is 29.5 Å². The highest BCUT2D eigenvalue weighted by Gasteiger charge is 2.20. The maximum atomic E-state index is 12.0. The van der Waals surface area contributed by atoms with Crippen LogP contribution in [-0.4, -0.2) is 24.1 Å². The van der Waals surface area contributed by atoms with Gasteiger partial charge in [0, 0.05) is 12.1 Å². The number of hydrogen-bond acceptors (Lipinski definition) is 2. The molecule has 0 aromatic heterocycles. The summed E-state index contributed by atoms with van der Waals surface area (Å²) >= 11 is 0. The number of fused-ring (bicyclic) bond motifs is 1. The number of hydrogen-bond donors (Lipinski definition) is 0. The fraction of sp³-hybridized carbons (Fsp3) is 0.250. The molecule has 15 heavy (non-hydrogen) atoms. The summed E-state index contributed by atoms with van der Waals surface area (Å²) in [6, 6.07) is 7.54. The minimum Gasteiger partial charge on any atom is -0.356 e. The molecule has 0 spiro atoms. The average molecular weight is 203 g/mol. The molecule has 1 aromatic carbocycles. The van der Waals surface area contributed by atoms with Crippen LogP contribution in [0.2, 0.25) is 0 Å². The third-order valence-corrected chi connectivity index (χ3v) is 2.39. The van der Waals surface area contributed by atoms with E-state index in [4.69, 9.17) is 4.74 Å². The Hall–Kier alpha value is -1.61. The van der Waals surface area contributed by atoms with Gasteiger partial charge >= 0.3 is 0 Å². The molecule has 1 aliphatic heterocycles. The molecular weight excluding hydrogens is 190 g/mol. The second kappa shape index (κ2) is 4.28. The minimum absolute atomic E-state index is 0.0167. The zero-order valence-corrected chi connectivity index (χ0v) is 8.48. The maximum Gasteiger partial charge on any atom is 0.256 e. The lowest BCUT2D eigenvalue weighted by molar-refractivity contribution is 0.0285. The van der Waals surface area contributed by atoms with E-state index < -0.39 is 0 Å². The lowest BCUT2D eigenvalue weighted by Crippen LogP contribution is -2.31. The molecule has 0 unspecified atom stereocenters. The molecule has 1 amide bonds. The van der Waals surface area contributed by atoms with Crippen LogP contribution < -0.4 is 0 Å². The van der Waals surface area contributed by atoms with Crippen LogP contribution in [0, 0.1) is 0 Å². The summed E-state index contributed by atoms with van der Waals surface area (Å²) in [5.74, 6) is 0.0167. The molecule has 0 fully saturated rings. The van der Waals surface area contributed by atoms with Crippen molar-refractivity contribution in [2.24, 2.45) is 0 Å². The van der Waals surface area contributed by atoms with E-state index in [9.17, 15) is 4.79 Å². The van der Waals surface area contributed by atoms with Crippen LogP contribution in [0.25, 0.3) is 0 Å². The van der Waals surface area contributed by atoms with E-state index >= 15 is 0 Å². The van der Waals surface area contributed by atoms with Gasteiger partial charge in [0.25, 0.3) is 5.91 Å². The summed E-state index contributed by atoms with van der Waals surface area (Å²) in [4.78, 5) is 13.7. The summed E-state index contributed by atoms with van der Waals surface area (Å²) in [5, 5.41) is 0. The van der Waals surface area contributed by atoms with Crippen molar-refractivity contribution in [1.29, 1.82) is 0 Å². The molecule has 1 heterocycles. The molecule has 1 aromatic rings. The third kappa shape index (κ3) is 1.92. The molecule has 3 nitrogen and oxygen atoms in total. The van der Waals surface area contributed by atoms with Crippen molar-refractivity contribution in [3.05, 3.63) is 48.0 Å². The van der Waals surface area contributed by atoms with Gasteiger partial charge in [0.1, 0.15) is 6.73 Å². The summed E-state index contributed by atoms with van der Waals surface area (Å²) in [7, 11) is 0. The fourth-order valence-corrected chi connectivity index (χ4v) is 1.64. The normalized spacial score (nSPS) is 15.7. The van der Waals surface area contributed by atoms with Gasteiger partial charge in [0.2, 0.25) is 0 Å². The quantitative estimate of drug-likeness (QED) is 0.686. The van der Waals surface area contributed by atoms with Crippen molar-refractivity contribution in [3.8, 4) is 0 Å². The summed E-state index contributed by atoms with van der Waals surface area (Å²) in [6.07, 6.45) is 1.70. The van der Waals surface area contributed by atoms with Gasteiger partial charge in [-0.1, -0.05) is 24.3 Å². The van der Waals surface area contributed by atoms with Gasteiger partial charge in [0.05, 0.1) is 6.61 Å². The Morgan fingerprint density at radius 1 is 1.47 bits per heavy atom. The van der Waals surface area contributed by atoms with E-state index in [1.807, 2.05) is 24.3 Å². The van der Waals surface area contributed by atoms with Crippen molar-refractivity contribution >= 4 is 5.91 Å². The van der Waals surface area contributed by atoms with Crippen LogP contribution in [0.15, 0.2) is 36.9 Å². The van der Waals surface area contributed by atoms with Crippen LogP contribution in [-0.2, 0) is 11.3 Å². The maximum absolute atomic E-state index is 12.0. The predicted molar refractivity (Wildman–Crippen MR) is 57.3 cm³/mol. The van der Waals surface area contributed by atoms with E-state index in [1.54, 1.807) is 11.0 Å². The van der Waals surface area contributed by atoms with E-state index in [-0.39, 0.29) is 5.91 Å². The highest BCUT2D eigenvalue weighted by Crippen LogP contribution is 2.16. The second-order valence-electron chi connectivity index (χ2n) is 3.45. The SMILES string of the molecule is C=CCN1COCc2ccccc2C1=O. The first-order valence-corrected chi connectivity index (χ1v) is 4.88. The first-order chi connectivity index (χ1) is 7.33. The Kier molecular flexibility index (Phi) is 2.83. The van der Waals surface area contributed by atoms with Gasteiger partial charge in [0.15, 0.2) is 0 Å². The number of nitrogens with zero attached hydrogens (tertiary/aromatic N) is 1. The Morgan fingerprint density at radius 3 is 3.07 bits per heavy atom. The molecule has 0 N–H and O–H groups in total. The number of benzene rings is 1. The molecule has 0 radical (unpaired) electrons. The number of amides is 1. The van der Waals surface area contributed by atoms with E-state index in [0.717, 1.165) is 11.1 Å². The van der Waals surface area contributed by atoms with E-state index in [1.165, 1.54) is 0 Å². The molecule has 0 saturated heterocycles. The molecule has 1 aliphatic rings. The summed E-state index contributed by atoms with van der Waals surface area (Å²) < 4.78 is 5.41. The largest absolute Gasteiger partial charge is 0.356 e. The van der Waals surface area contributed by atoms with E-state index in [2.05, 4.69) is 6.58 Å². The van der Waals surface area contributed by atoms with Crippen LogP contribution in [0.1, 0.15) is 15.9 Å². The van der Waals surface area contributed by atoms with Gasteiger partial charge in [-0.2, -0.15) is 0 Å². The monoisotopic (exact) mass is 203 g/mol. The Balaban J connectivity index is 2.34. The number of rotatable bonds is 2. The molecular formula is C12H13NO2. The van der Waals surface area contributed by atoms with Gasteiger partial charge in [-0.3, -0.25) is 4.79 Å². The van der Waals surface area contributed by atoms with Crippen molar-refractivity contribution in [3.63, 3.8) is 0 Å². The predicted octanol–water partition coefficient (Wildman–Crippen LogP) is 1.80. The highest BCUT2D eigenvalue weighted by molar-refractivity contribution is 5.95. The van der Waals surface area contributed by atoms with Crippen molar-refractivity contribution in [1.82, 2.24) is 4.90 Å². The smallest absolute Gasteiger partial charge is 0.256 e. The lowest BCUT2D eigenvalue weighted by atomic mass is 10.1. The zero-order chi connectivity index (χ0) is 10.7. The van der Waals surface area contributed by atoms with Crippen molar-refractivity contribution < 1.29 is 9.53 Å². The average Bonchev–Trinajstić information content (AvgIpc) is 2.41. The lowest BCUT2D eigenvalue weighted by Gasteiger charge is -2.17. The Labute approximate surface area is 89.0 Å². The Bertz CT molecular complexity index is 387. The highest BCUT2D eigenvalue weighted by atomic mass is 16.5. The van der Waals surface area contributed by atoms with Gasteiger partial charge in [-0.15, -0.1) is 6.58 Å². The molecule has 2 rings (SSSR count). The molecule has 78 valence electrons. The minimum atomic E-state index is 0.0167. The Morgan fingerprint density at radius 2 is 2.27 bits per heavy atom. The van der Waals surface area contributed by atoms with Crippen LogP contribution in [0.3, 0.4) is 0 Å². The standard InChI is InChI=1S/C12H13NO2/c1-2-7-13-9-15-8-10-5-3-4-6-11(10)12(13)14/h2-6H,1,7-9H2. The molecule has 3 heteroatoms. The molecule has 0 bridgehead atoms. The molecule has 0 aliphatic carbocycles. The number of carbonyl (C=O) groups excluding carboxylic acids is 1. The summed E-state index contributed by atoms with van der Waals surface area (Å²) in [5.41, 5.74) is 1.69. The molecule has 0 saturated carbocycles. The van der Waals surface area contributed by atoms with Crippen molar-refractivity contribution in [2.45, 2.75) is 6.61 Å². The van der Waals surface area contributed by atoms with Gasteiger partial charge < -0.3 is 9.64 Å². The van der Waals surface area contributed by atoms with E-state index in [0.29, 0.717) is 19.9 Å².